The third-order valence-corrected chi connectivity index (χ3v) is 4.91. The molecular formula is C14H20O2. The molecule has 2 fully saturated rings. The molecular weight excluding hydrogens is 200 g/mol. The summed E-state index contributed by atoms with van der Waals surface area (Å²) in [6.45, 7) is 3.69. The van der Waals surface area contributed by atoms with Crippen LogP contribution < -0.4 is 0 Å². The van der Waals surface area contributed by atoms with Crippen molar-refractivity contribution < 1.29 is 9.53 Å². The van der Waals surface area contributed by atoms with Crippen LogP contribution in [0.1, 0.15) is 39.5 Å². The molecule has 3 rings (SSSR count). The van der Waals surface area contributed by atoms with Crippen molar-refractivity contribution in [3.8, 4) is 0 Å². The van der Waals surface area contributed by atoms with Crippen molar-refractivity contribution in [3.63, 3.8) is 0 Å². The molecule has 0 aromatic rings. The zero-order valence-corrected chi connectivity index (χ0v) is 10.1. The molecule has 2 heteroatoms. The van der Waals surface area contributed by atoms with Crippen molar-refractivity contribution in [2.24, 2.45) is 23.7 Å². The maximum atomic E-state index is 11.3. The van der Waals surface area contributed by atoms with Gasteiger partial charge in [0.1, 0.15) is 5.60 Å². The quantitative estimate of drug-likeness (QED) is 0.501. The average molecular weight is 220 g/mol. The van der Waals surface area contributed by atoms with E-state index in [1.165, 1.54) is 26.2 Å². The molecule has 0 heterocycles. The van der Waals surface area contributed by atoms with E-state index in [1.54, 1.807) is 0 Å². The van der Waals surface area contributed by atoms with Gasteiger partial charge in [0, 0.05) is 12.8 Å². The van der Waals surface area contributed by atoms with Crippen LogP contribution in [0, 0.1) is 23.7 Å². The largest absolute Gasteiger partial charge is 0.459 e. The number of carbonyl (C=O) groups is 1. The number of carbonyl (C=O) groups excluding carboxylic acids is 1. The Balaban J connectivity index is 1.89. The second-order valence-corrected chi connectivity index (χ2v) is 5.94. The minimum Gasteiger partial charge on any atom is -0.459 e. The molecule has 0 radical (unpaired) electrons. The highest BCUT2D eigenvalue weighted by Crippen LogP contribution is 2.58. The standard InChI is InChI=1S/C14H20O2/c1-9(15)16-14(2)7-3-4-12-10-5-6-11(8-10)13(12)14/h5-6,10-13H,3-4,7-8H2,1-2H3. The van der Waals surface area contributed by atoms with E-state index in [0.717, 1.165) is 18.3 Å². The van der Waals surface area contributed by atoms with E-state index < -0.39 is 0 Å². The number of allylic oxidation sites excluding steroid dienone is 2. The number of fused-ring (bicyclic) bond motifs is 5. The smallest absolute Gasteiger partial charge is 0.303 e. The highest BCUT2D eigenvalue weighted by Gasteiger charge is 2.55. The lowest BCUT2D eigenvalue weighted by Crippen LogP contribution is -2.47. The van der Waals surface area contributed by atoms with Crippen LogP contribution in [0.4, 0.5) is 0 Å². The fourth-order valence-electron chi connectivity index (χ4n) is 4.53. The van der Waals surface area contributed by atoms with Gasteiger partial charge in [0.15, 0.2) is 0 Å². The fourth-order valence-corrected chi connectivity index (χ4v) is 4.53. The van der Waals surface area contributed by atoms with Gasteiger partial charge >= 0.3 is 5.97 Å². The number of hydrogen-bond acceptors (Lipinski definition) is 2. The Morgan fingerprint density at radius 3 is 2.88 bits per heavy atom. The maximum absolute atomic E-state index is 11.3. The molecule has 2 saturated carbocycles. The molecule has 3 aliphatic rings. The number of ether oxygens (including phenoxy) is 1. The molecule has 0 aromatic carbocycles. The highest BCUT2D eigenvalue weighted by atomic mass is 16.6. The molecule has 5 atom stereocenters. The predicted molar refractivity (Wildman–Crippen MR) is 61.7 cm³/mol. The van der Waals surface area contributed by atoms with E-state index in [0.29, 0.717) is 11.8 Å². The summed E-state index contributed by atoms with van der Waals surface area (Å²) in [6.07, 6.45) is 9.64. The van der Waals surface area contributed by atoms with Gasteiger partial charge in [0.2, 0.25) is 0 Å². The van der Waals surface area contributed by atoms with Crippen LogP contribution in [0.15, 0.2) is 12.2 Å². The maximum Gasteiger partial charge on any atom is 0.303 e. The summed E-state index contributed by atoms with van der Waals surface area (Å²) >= 11 is 0. The third kappa shape index (κ3) is 1.35. The summed E-state index contributed by atoms with van der Waals surface area (Å²) in [6, 6.07) is 0. The van der Waals surface area contributed by atoms with Gasteiger partial charge in [-0.3, -0.25) is 4.79 Å². The summed E-state index contributed by atoms with van der Waals surface area (Å²) in [5.74, 6) is 2.67. The second-order valence-electron chi connectivity index (χ2n) is 5.94. The van der Waals surface area contributed by atoms with Crippen molar-refractivity contribution in [1.29, 1.82) is 0 Å². The number of rotatable bonds is 1. The first-order chi connectivity index (χ1) is 7.60. The first-order valence-corrected chi connectivity index (χ1v) is 6.48. The molecule has 0 amide bonds. The molecule has 0 aliphatic heterocycles. The lowest BCUT2D eigenvalue weighted by molar-refractivity contribution is -0.169. The van der Waals surface area contributed by atoms with E-state index in [-0.39, 0.29) is 11.6 Å². The van der Waals surface area contributed by atoms with Gasteiger partial charge in [0.25, 0.3) is 0 Å². The molecule has 88 valence electrons. The van der Waals surface area contributed by atoms with Crippen LogP contribution in [0.25, 0.3) is 0 Å². The van der Waals surface area contributed by atoms with Crippen LogP contribution in [0.5, 0.6) is 0 Å². The van der Waals surface area contributed by atoms with E-state index in [4.69, 9.17) is 4.74 Å². The monoisotopic (exact) mass is 220 g/mol. The summed E-state index contributed by atoms with van der Waals surface area (Å²) in [5.41, 5.74) is -0.196. The van der Waals surface area contributed by atoms with Gasteiger partial charge in [-0.1, -0.05) is 12.2 Å². The molecule has 2 bridgehead atoms. The molecule has 0 saturated heterocycles. The van der Waals surface area contributed by atoms with Crippen molar-refractivity contribution in [2.45, 2.75) is 45.1 Å². The summed E-state index contributed by atoms with van der Waals surface area (Å²) < 4.78 is 5.67. The van der Waals surface area contributed by atoms with E-state index in [9.17, 15) is 4.79 Å². The van der Waals surface area contributed by atoms with Gasteiger partial charge in [-0.2, -0.15) is 0 Å². The topological polar surface area (TPSA) is 26.3 Å². The lowest BCUT2D eigenvalue weighted by Gasteiger charge is -2.46. The van der Waals surface area contributed by atoms with Crippen LogP contribution in [0.3, 0.4) is 0 Å². The third-order valence-electron chi connectivity index (χ3n) is 4.91. The minimum absolute atomic E-state index is 0.116. The summed E-state index contributed by atoms with van der Waals surface area (Å²) in [5, 5.41) is 0. The van der Waals surface area contributed by atoms with Crippen LogP contribution in [-0.2, 0) is 9.53 Å². The fraction of sp³-hybridized carbons (Fsp3) is 0.786. The Morgan fingerprint density at radius 1 is 1.38 bits per heavy atom. The van der Waals surface area contributed by atoms with Gasteiger partial charge < -0.3 is 4.74 Å². The van der Waals surface area contributed by atoms with E-state index in [2.05, 4.69) is 19.1 Å². The minimum atomic E-state index is -0.196. The van der Waals surface area contributed by atoms with Crippen molar-refractivity contribution in [2.75, 3.05) is 0 Å². The molecule has 0 spiro atoms. The average Bonchev–Trinajstić information content (AvgIpc) is 2.76. The van der Waals surface area contributed by atoms with E-state index in [1.807, 2.05) is 0 Å². The Hall–Kier alpha value is -0.790. The number of esters is 1. The molecule has 16 heavy (non-hydrogen) atoms. The Morgan fingerprint density at radius 2 is 2.12 bits per heavy atom. The zero-order valence-electron chi connectivity index (χ0n) is 10.1. The first kappa shape index (κ1) is 10.4. The molecule has 2 nitrogen and oxygen atoms in total. The first-order valence-electron chi connectivity index (χ1n) is 6.48. The summed E-state index contributed by atoms with van der Waals surface area (Å²) in [4.78, 5) is 11.3. The van der Waals surface area contributed by atoms with Crippen LogP contribution in [0.2, 0.25) is 0 Å². The lowest BCUT2D eigenvalue weighted by atomic mass is 9.65. The summed E-state index contributed by atoms with van der Waals surface area (Å²) in [7, 11) is 0. The molecule has 0 N–H and O–H groups in total. The van der Waals surface area contributed by atoms with Crippen LogP contribution >= 0.6 is 0 Å². The molecule has 3 aliphatic carbocycles. The number of hydrogen-bond donors (Lipinski definition) is 0. The van der Waals surface area contributed by atoms with Gasteiger partial charge in [0.05, 0.1) is 0 Å². The Kier molecular flexibility index (Phi) is 2.17. The normalized spacial score (nSPS) is 49.1. The van der Waals surface area contributed by atoms with Crippen molar-refractivity contribution >= 4 is 5.97 Å². The van der Waals surface area contributed by atoms with Crippen LogP contribution in [-0.4, -0.2) is 11.6 Å². The van der Waals surface area contributed by atoms with E-state index >= 15 is 0 Å². The highest BCUT2D eigenvalue weighted by molar-refractivity contribution is 5.66. The van der Waals surface area contributed by atoms with Crippen molar-refractivity contribution in [1.82, 2.24) is 0 Å². The molecule has 0 aromatic heterocycles. The second kappa shape index (κ2) is 3.35. The van der Waals surface area contributed by atoms with Gasteiger partial charge in [-0.15, -0.1) is 0 Å². The zero-order chi connectivity index (χ0) is 11.3. The van der Waals surface area contributed by atoms with Crippen molar-refractivity contribution in [3.05, 3.63) is 12.2 Å². The van der Waals surface area contributed by atoms with Gasteiger partial charge in [-0.25, -0.2) is 0 Å². The SMILES string of the molecule is CC(=O)OC1(C)CCCC2C3C=CC(C3)C21. The Labute approximate surface area is 97.1 Å². The van der Waals surface area contributed by atoms with Gasteiger partial charge in [-0.05, 0) is 50.4 Å². The Bertz CT molecular complexity index is 347. The predicted octanol–water partition coefficient (Wildman–Crippen LogP) is 2.93. The molecule has 5 unspecified atom stereocenters.